The predicted molar refractivity (Wildman–Crippen MR) is 108 cm³/mol. The first kappa shape index (κ1) is 19.2. The summed E-state index contributed by atoms with van der Waals surface area (Å²) in [7, 11) is 1.72. The van der Waals surface area contributed by atoms with Crippen LogP contribution in [0, 0.1) is 13.8 Å². The van der Waals surface area contributed by atoms with Gasteiger partial charge in [0, 0.05) is 28.3 Å². The van der Waals surface area contributed by atoms with Gasteiger partial charge in [-0.1, -0.05) is 28.1 Å². The maximum Gasteiger partial charge on any atom is 0.270 e. The maximum absolute atomic E-state index is 12.8. The van der Waals surface area contributed by atoms with E-state index >= 15 is 0 Å². The molecule has 0 aliphatic carbocycles. The molecule has 6 heteroatoms. The molecule has 0 aliphatic rings. The summed E-state index contributed by atoms with van der Waals surface area (Å²) in [6, 6.07) is 11.6. The number of aromatic amines is 1. The SMILES string of the molecule is CC(=O)c1c(C)[nH]c(C(=O)N(C)Cc2ccc(-c3ccc(Br)cc3)o2)c1C. The Labute approximate surface area is 166 Å². The molecule has 140 valence electrons. The molecule has 3 rings (SSSR count). The van der Waals surface area contributed by atoms with Crippen LogP contribution in [0.25, 0.3) is 11.3 Å². The number of ketones is 1. The van der Waals surface area contributed by atoms with Crippen molar-refractivity contribution in [1.82, 2.24) is 9.88 Å². The van der Waals surface area contributed by atoms with Gasteiger partial charge in [-0.05, 0) is 50.6 Å². The summed E-state index contributed by atoms with van der Waals surface area (Å²) in [6.07, 6.45) is 0. The molecule has 0 saturated heterocycles. The minimum absolute atomic E-state index is 0.0480. The molecule has 0 unspecified atom stereocenters. The lowest BCUT2D eigenvalue weighted by Gasteiger charge is -2.15. The molecule has 0 bridgehead atoms. The zero-order valence-corrected chi connectivity index (χ0v) is 17.3. The smallest absolute Gasteiger partial charge is 0.270 e. The van der Waals surface area contributed by atoms with E-state index in [2.05, 4.69) is 20.9 Å². The first-order chi connectivity index (χ1) is 12.8. The number of H-pyrrole nitrogens is 1. The Morgan fingerprint density at radius 2 is 1.78 bits per heavy atom. The van der Waals surface area contributed by atoms with E-state index in [0.29, 0.717) is 34.8 Å². The number of hydrogen-bond donors (Lipinski definition) is 1. The third kappa shape index (κ3) is 3.90. The third-order valence-electron chi connectivity index (χ3n) is 4.53. The number of carbonyl (C=O) groups excluding carboxylic acids is 2. The van der Waals surface area contributed by atoms with Gasteiger partial charge in [0.05, 0.1) is 6.54 Å². The van der Waals surface area contributed by atoms with Crippen molar-refractivity contribution in [3.05, 3.63) is 69.1 Å². The van der Waals surface area contributed by atoms with Gasteiger partial charge in [0.15, 0.2) is 5.78 Å². The lowest BCUT2D eigenvalue weighted by atomic mass is 10.1. The largest absolute Gasteiger partial charge is 0.459 e. The number of Topliss-reactive ketones (excluding diaryl/α,β-unsaturated/α-hetero) is 1. The molecule has 1 N–H and O–H groups in total. The van der Waals surface area contributed by atoms with Crippen molar-refractivity contribution in [2.24, 2.45) is 0 Å². The van der Waals surface area contributed by atoms with Crippen molar-refractivity contribution in [2.45, 2.75) is 27.3 Å². The summed E-state index contributed by atoms with van der Waals surface area (Å²) in [5.41, 5.74) is 3.40. The Morgan fingerprint density at radius 3 is 2.37 bits per heavy atom. The molecule has 0 fully saturated rings. The molecule has 0 aliphatic heterocycles. The summed E-state index contributed by atoms with van der Waals surface area (Å²) in [5, 5.41) is 0. The van der Waals surface area contributed by atoms with Crippen LogP contribution < -0.4 is 0 Å². The number of amides is 1. The monoisotopic (exact) mass is 428 g/mol. The van der Waals surface area contributed by atoms with E-state index in [1.165, 1.54) is 6.92 Å². The normalized spacial score (nSPS) is 10.9. The van der Waals surface area contributed by atoms with Gasteiger partial charge in [-0.2, -0.15) is 0 Å². The van der Waals surface area contributed by atoms with Crippen molar-refractivity contribution in [2.75, 3.05) is 7.05 Å². The van der Waals surface area contributed by atoms with Crippen LogP contribution in [0.1, 0.15) is 44.8 Å². The van der Waals surface area contributed by atoms with Crippen LogP contribution in [0.3, 0.4) is 0 Å². The van der Waals surface area contributed by atoms with Crippen molar-refractivity contribution in [3.63, 3.8) is 0 Å². The summed E-state index contributed by atoms with van der Waals surface area (Å²) in [6.45, 7) is 5.44. The fourth-order valence-electron chi connectivity index (χ4n) is 3.22. The van der Waals surface area contributed by atoms with Crippen LogP contribution in [-0.2, 0) is 6.54 Å². The third-order valence-corrected chi connectivity index (χ3v) is 5.06. The highest BCUT2D eigenvalue weighted by atomic mass is 79.9. The number of aromatic nitrogens is 1. The van der Waals surface area contributed by atoms with E-state index < -0.39 is 0 Å². The predicted octanol–water partition coefficient (Wildman–Crippen LogP) is 5.13. The average Bonchev–Trinajstić information content (AvgIpc) is 3.19. The number of furan rings is 1. The topological polar surface area (TPSA) is 66.3 Å². The lowest BCUT2D eigenvalue weighted by molar-refractivity contribution is 0.0769. The summed E-state index contributed by atoms with van der Waals surface area (Å²) in [5.74, 6) is 1.22. The zero-order chi connectivity index (χ0) is 19.7. The Hall–Kier alpha value is -2.60. The van der Waals surface area contributed by atoms with Gasteiger partial charge in [-0.15, -0.1) is 0 Å². The fourth-order valence-corrected chi connectivity index (χ4v) is 3.48. The molecule has 2 aromatic heterocycles. The number of nitrogens with zero attached hydrogens (tertiary/aromatic N) is 1. The van der Waals surface area contributed by atoms with Gasteiger partial charge >= 0.3 is 0 Å². The van der Waals surface area contributed by atoms with E-state index in [4.69, 9.17) is 4.42 Å². The molecule has 0 spiro atoms. The number of hydrogen-bond acceptors (Lipinski definition) is 3. The fraction of sp³-hybridized carbons (Fsp3) is 0.238. The van der Waals surface area contributed by atoms with Gasteiger partial charge in [0.25, 0.3) is 5.91 Å². The Kier molecular flexibility index (Phi) is 5.37. The first-order valence-corrected chi connectivity index (χ1v) is 9.37. The average molecular weight is 429 g/mol. The molecule has 1 aromatic carbocycles. The molecule has 0 radical (unpaired) electrons. The second-order valence-corrected chi connectivity index (χ2v) is 7.53. The van der Waals surface area contributed by atoms with Crippen LogP contribution >= 0.6 is 15.9 Å². The number of benzene rings is 1. The summed E-state index contributed by atoms with van der Waals surface area (Å²) in [4.78, 5) is 29.2. The van der Waals surface area contributed by atoms with Crippen molar-refractivity contribution >= 4 is 27.6 Å². The quantitative estimate of drug-likeness (QED) is 0.572. The van der Waals surface area contributed by atoms with Gasteiger partial charge in [0.1, 0.15) is 17.2 Å². The number of nitrogens with one attached hydrogen (secondary N) is 1. The van der Waals surface area contributed by atoms with Crippen LogP contribution in [0.15, 0.2) is 45.3 Å². The van der Waals surface area contributed by atoms with E-state index in [1.54, 1.807) is 25.8 Å². The van der Waals surface area contributed by atoms with Crippen LogP contribution in [0.5, 0.6) is 0 Å². The van der Waals surface area contributed by atoms with Gasteiger partial charge < -0.3 is 14.3 Å². The molecule has 27 heavy (non-hydrogen) atoms. The zero-order valence-electron chi connectivity index (χ0n) is 15.7. The van der Waals surface area contributed by atoms with Crippen LogP contribution in [-0.4, -0.2) is 28.6 Å². The molecule has 3 aromatic rings. The molecular formula is C21H21BrN2O3. The highest BCUT2D eigenvalue weighted by molar-refractivity contribution is 9.10. The van der Waals surface area contributed by atoms with Crippen molar-refractivity contribution in [3.8, 4) is 11.3 Å². The molecule has 1 amide bonds. The Morgan fingerprint density at radius 1 is 1.11 bits per heavy atom. The minimum Gasteiger partial charge on any atom is -0.459 e. The van der Waals surface area contributed by atoms with Crippen molar-refractivity contribution in [1.29, 1.82) is 0 Å². The highest BCUT2D eigenvalue weighted by Crippen LogP contribution is 2.25. The van der Waals surface area contributed by atoms with Gasteiger partial charge in [0.2, 0.25) is 0 Å². The number of rotatable bonds is 5. The number of halogens is 1. The van der Waals surface area contributed by atoms with E-state index in [-0.39, 0.29) is 11.7 Å². The van der Waals surface area contributed by atoms with E-state index in [1.807, 2.05) is 36.4 Å². The Bertz CT molecular complexity index is 999. The van der Waals surface area contributed by atoms with Gasteiger partial charge in [-0.25, -0.2) is 0 Å². The van der Waals surface area contributed by atoms with E-state index in [0.717, 1.165) is 15.8 Å². The number of aryl methyl sites for hydroxylation is 1. The van der Waals surface area contributed by atoms with Crippen LogP contribution in [0.2, 0.25) is 0 Å². The molecular weight excluding hydrogens is 408 g/mol. The second-order valence-electron chi connectivity index (χ2n) is 6.62. The maximum atomic E-state index is 12.8. The molecule has 5 nitrogen and oxygen atoms in total. The summed E-state index contributed by atoms with van der Waals surface area (Å²) < 4.78 is 6.89. The van der Waals surface area contributed by atoms with Gasteiger partial charge in [-0.3, -0.25) is 9.59 Å². The standard InChI is InChI=1S/C21H21BrN2O3/c1-12-19(14(3)25)13(2)23-20(12)21(26)24(4)11-17-9-10-18(27-17)15-5-7-16(22)8-6-15/h5-10,23H,11H2,1-4H3. The minimum atomic E-state index is -0.176. The number of carbonyl (C=O) groups is 2. The summed E-state index contributed by atoms with van der Waals surface area (Å²) >= 11 is 3.42. The first-order valence-electron chi connectivity index (χ1n) is 8.58. The van der Waals surface area contributed by atoms with Crippen molar-refractivity contribution < 1.29 is 14.0 Å². The van der Waals surface area contributed by atoms with Crippen LogP contribution in [0.4, 0.5) is 0 Å². The highest BCUT2D eigenvalue weighted by Gasteiger charge is 2.22. The second kappa shape index (κ2) is 7.56. The lowest BCUT2D eigenvalue weighted by Crippen LogP contribution is -2.27. The molecule has 2 heterocycles. The molecule has 0 atom stereocenters. The Balaban J connectivity index is 1.77. The van der Waals surface area contributed by atoms with E-state index in [9.17, 15) is 9.59 Å². The molecule has 0 saturated carbocycles.